The third-order valence-electron chi connectivity index (χ3n) is 8.49. The summed E-state index contributed by atoms with van der Waals surface area (Å²) >= 11 is 0. The molecule has 2 aromatic carbocycles. The number of amides is 2. The summed E-state index contributed by atoms with van der Waals surface area (Å²) in [6.45, 7) is 0.661. The van der Waals surface area contributed by atoms with Crippen LogP contribution >= 0.6 is 0 Å². The normalized spacial score (nSPS) is 21.6. The number of alkyl halides is 1. The number of aromatic nitrogens is 3. The van der Waals surface area contributed by atoms with E-state index < -0.39 is 24.3 Å². The van der Waals surface area contributed by atoms with Crippen molar-refractivity contribution < 1.29 is 32.6 Å². The molecule has 3 atom stereocenters. The topological polar surface area (TPSA) is 108 Å². The van der Waals surface area contributed by atoms with Crippen LogP contribution in [0.2, 0.25) is 0 Å². The fraction of sp³-hybridized carbons (Fsp3) is 0.250. The van der Waals surface area contributed by atoms with Crippen molar-refractivity contribution in [3.05, 3.63) is 77.8 Å². The lowest BCUT2D eigenvalue weighted by Gasteiger charge is -2.22. The number of hydrogen-bond acceptors (Lipinski definition) is 7. The Hall–Kier alpha value is -5.26. The zero-order valence-electron chi connectivity index (χ0n) is 23.4. The van der Waals surface area contributed by atoms with E-state index in [0.717, 1.165) is 0 Å². The lowest BCUT2D eigenvalue weighted by molar-refractivity contribution is -0.123. The van der Waals surface area contributed by atoms with Gasteiger partial charge in [-0.15, -0.1) is 0 Å². The Morgan fingerprint density at radius 1 is 1.16 bits per heavy atom. The molecule has 8 rings (SSSR count). The molecule has 4 aliphatic rings. The summed E-state index contributed by atoms with van der Waals surface area (Å²) in [6.07, 6.45) is 4.24. The lowest BCUT2D eigenvalue weighted by atomic mass is 9.87. The fourth-order valence-electron chi connectivity index (χ4n) is 6.34. The number of benzene rings is 2. The van der Waals surface area contributed by atoms with Crippen molar-refractivity contribution in [2.24, 2.45) is 0 Å². The van der Waals surface area contributed by atoms with Crippen LogP contribution in [0.15, 0.2) is 66.4 Å². The Labute approximate surface area is 249 Å². The molecule has 5 heterocycles. The predicted octanol–water partition coefficient (Wildman–Crippen LogP) is 5.03. The highest BCUT2D eigenvalue weighted by molar-refractivity contribution is 5.97. The van der Waals surface area contributed by atoms with Crippen LogP contribution in [-0.2, 0) is 16.3 Å². The van der Waals surface area contributed by atoms with E-state index in [0.29, 0.717) is 62.7 Å². The molecule has 222 valence electrons. The van der Waals surface area contributed by atoms with Gasteiger partial charge >= 0.3 is 6.09 Å². The molecule has 2 amide bonds. The first-order valence-corrected chi connectivity index (χ1v) is 14.2. The van der Waals surface area contributed by atoms with Gasteiger partial charge in [0.15, 0.2) is 18.3 Å². The van der Waals surface area contributed by atoms with E-state index >= 15 is 0 Å². The lowest BCUT2D eigenvalue weighted by Crippen LogP contribution is -2.34. The Bertz CT molecular complexity index is 1950. The van der Waals surface area contributed by atoms with Gasteiger partial charge in [-0.2, -0.15) is 0 Å². The Morgan fingerprint density at radius 3 is 2.82 bits per heavy atom. The van der Waals surface area contributed by atoms with Crippen LogP contribution in [0, 0.1) is 5.82 Å². The summed E-state index contributed by atoms with van der Waals surface area (Å²) in [5, 5.41) is 3.16. The van der Waals surface area contributed by atoms with Crippen molar-refractivity contribution in [3.63, 3.8) is 0 Å². The Morgan fingerprint density at radius 2 is 2.05 bits per heavy atom. The molecule has 1 saturated heterocycles. The molecule has 1 N–H and O–H groups in total. The van der Waals surface area contributed by atoms with Gasteiger partial charge < -0.3 is 24.1 Å². The molecule has 0 radical (unpaired) electrons. The maximum Gasteiger partial charge on any atom is 0.414 e. The smallest absolute Gasteiger partial charge is 0.414 e. The largest absolute Gasteiger partial charge is 0.484 e. The quantitative estimate of drug-likeness (QED) is 0.352. The molecule has 1 aliphatic carbocycles. The third-order valence-corrected chi connectivity index (χ3v) is 8.49. The number of carbonyl (C=O) groups excluding carboxylic acids is 2. The van der Waals surface area contributed by atoms with Crippen LogP contribution in [0.4, 0.5) is 19.3 Å². The van der Waals surface area contributed by atoms with Gasteiger partial charge in [-0.1, -0.05) is 18.2 Å². The first-order valence-electron chi connectivity index (χ1n) is 14.2. The van der Waals surface area contributed by atoms with Gasteiger partial charge in [-0.25, -0.2) is 23.5 Å². The molecule has 4 aromatic rings. The first-order chi connectivity index (χ1) is 21.4. The molecular formula is C32H25F2N5O5. The average molecular weight is 598 g/mol. The van der Waals surface area contributed by atoms with E-state index in [-0.39, 0.29) is 37.3 Å². The minimum atomic E-state index is -1.10. The molecule has 3 aliphatic heterocycles. The molecule has 0 saturated carbocycles. The van der Waals surface area contributed by atoms with Gasteiger partial charge in [0.1, 0.15) is 42.1 Å². The third kappa shape index (κ3) is 3.97. The number of halogens is 2. The van der Waals surface area contributed by atoms with E-state index in [4.69, 9.17) is 19.2 Å². The molecule has 1 fully saturated rings. The van der Waals surface area contributed by atoms with Crippen molar-refractivity contribution in [2.75, 3.05) is 25.1 Å². The van der Waals surface area contributed by atoms with Gasteiger partial charge in [-0.05, 0) is 35.9 Å². The molecule has 0 spiro atoms. The van der Waals surface area contributed by atoms with E-state index in [2.05, 4.69) is 10.3 Å². The number of anilines is 1. The molecular weight excluding hydrogens is 572 g/mol. The summed E-state index contributed by atoms with van der Waals surface area (Å²) < 4.78 is 47.9. The number of fused-ring (bicyclic) bond motifs is 6. The number of nitrogens with one attached hydrogen (secondary N) is 1. The van der Waals surface area contributed by atoms with Crippen molar-refractivity contribution >= 4 is 28.6 Å². The second-order valence-electron chi connectivity index (χ2n) is 10.9. The second kappa shape index (κ2) is 9.90. The minimum Gasteiger partial charge on any atom is -0.484 e. The summed E-state index contributed by atoms with van der Waals surface area (Å²) in [7, 11) is 1.55. The number of rotatable bonds is 4. The highest BCUT2D eigenvalue weighted by Gasteiger charge is 2.43. The number of allylic oxidation sites excluding steroid dienone is 2. The molecule has 44 heavy (non-hydrogen) atoms. The van der Waals surface area contributed by atoms with Crippen molar-refractivity contribution in [3.8, 4) is 34.3 Å². The van der Waals surface area contributed by atoms with Crippen molar-refractivity contribution in [1.29, 1.82) is 0 Å². The van der Waals surface area contributed by atoms with E-state index in [1.54, 1.807) is 49.7 Å². The van der Waals surface area contributed by atoms with Crippen LogP contribution < -0.4 is 19.7 Å². The number of hydrogen-bond donors (Lipinski definition) is 1. The zero-order valence-corrected chi connectivity index (χ0v) is 23.4. The standard InChI is InChI=1S/C32H25F2N5O5/c1-35-31(40)27-20-11-19(23(38-9-10-42-32(38)41)13-25(20)44-29(27)16-5-7-17(33)8-6-16)30-36-14-26-28(37-30)24-12-18-21(34)3-2-4-22(18)39(24)15-43-26/h2-7,11-14,17,27,29H,8-10,15H2,1H3,(H,35,40). The van der Waals surface area contributed by atoms with Crippen molar-refractivity contribution in [2.45, 2.75) is 31.3 Å². The molecule has 3 unspecified atom stereocenters. The zero-order chi connectivity index (χ0) is 30.1. The van der Waals surface area contributed by atoms with Gasteiger partial charge in [0.25, 0.3) is 0 Å². The highest BCUT2D eigenvalue weighted by atomic mass is 19.1. The fourth-order valence-corrected chi connectivity index (χ4v) is 6.34. The van der Waals surface area contributed by atoms with E-state index in [1.807, 2.05) is 10.6 Å². The molecule has 2 aromatic heterocycles. The predicted molar refractivity (Wildman–Crippen MR) is 156 cm³/mol. The summed E-state index contributed by atoms with van der Waals surface area (Å²) in [5.74, 6) is -0.284. The molecule has 0 bridgehead atoms. The second-order valence-corrected chi connectivity index (χ2v) is 10.9. The van der Waals surface area contributed by atoms with Gasteiger partial charge in [0.05, 0.1) is 29.6 Å². The number of carbonyl (C=O) groups is 2. The summed E-state index contributed by atoms with van der Waals surface area (Å²) in [4.78, 5) is 37.0. The number of nitrogens with zero attached hydrogens (tertiary/aromatic N) is 4. The van der Waals surface area contributed by atoms with E-state index in [1.165, 1.54) is 17.0 Å². The Kier molecular flexibility index (Phi) is 5.93. The monoisotopic (exact) mass is 597 g/mol. The van der Waals surface area contributed by atoms with Gasteiger partial charge in [0, 0.05) is 36.0 Å². The maximum absolute atomic E-state index is 14.7. The summed E-state index contributed by atoms with van der Waals surface area (Å²) in [5.41, 5.74) is 3.98. The summed E-state index contributed by atoms with van der Waals surface area (Å²) in [6, 6.07) is 10.1. The van der Waals surface area contributed by atoms with Crippen LogP contribution in [0.5, 0.6) is 11.5 Å². The SMILES string of the molecule is CNC(=O)C1c2cc(-c3ncc4c(n3)-c3cc5c(F)cccc5n3CO4)c(N3CCOC3=O)cc2OC1C1=CCC(F)C=C1. The van der Waals surface area contributed by atoms with Crippen LogP contribution in [-0.4, -0.2) is 59.0 Å². The average Bonchev–Trinajstić information content (AvgIpc) is 3.75. The van der Waals surface area contributed by atoms with Crippen LogP contribution in [0.25, 0.3) is 33.7 Å². The van der Waals surface area contributed by atoms with Crippen LogP contribution in [0.1, 0.15) is 17.9 Å². The van der Waals surface area contributed by atoms with Gasteiger partial charge in [0.2, 0.25) is 5.91 Å². The number of cyclic esters (lactones) is 1. The molecule has 10 nitrogen and oxygen atoms in total. The molecule has 12 heteroatoms. The number of likely N-dealkylation sites (N-methyl/N-ethyl adjacent to an activating group) is 1. The number of ether oxygens (including phenoxy) is 3. The maximum atomic E-state index is 14.7. The Balaban J connectivity index is 1.30. The minimum absolute atomic E-state index is 0.168. The highest BCUT2D eigenvalue weighted by Crippen LogP contribution is 2.48. The first kappa shape index (κ1) is 26.4. The van der Waals surface area contributed by atoms with Crippen molar-refractivity contribution in [1.82, 2.24) is 19.9 Å². The van der Waals surface area contributed by atoms with Gasteiger partial charge in [-0.3, -0.25) is 9.69 Å². The van der Waals surface area contributed by atoms with E-state index in [9.17, 15) is 18.4 Å². The van der Waals surface area contributed by atoms with Crippen LogP contribution in [0.3, 0.4) is 0 Å².